The molecule has 0 unspecified atom stereocenters. The maximum atomic E-state index is 12.4. The molecule has 0 heterocycles. The smallest absolute Gasteiger partial charge is 0.243 e. The van der Waals surface area contributed by atoms with Crippen molar-refractivity contribution in [3.05, 3.63) is 36.4 Å². The number of anilines is 1. The first kappa shape index (κ1) is 12.9. The lowest BCUT2D eigenvalue weighted by Gasteiger charge is -2.16. The zero-order valence-electron chi connectivity index (χ0n) is 10.4. The summed E-state index contributed by atoms with van der Waals surface area (Å²) in [4.78, 5) is 0.323. The Hall–Kier alpha value is -1.59. The van der Waals surface area contributed by atoms with Crippen molar-refractivity contribution in [3.63, 3.8) is 0 Å². The minimum atomic E-state index is -3.44. The van der Waals surface area contributed by atoms with Crippen molar-refractivity contribution in [2.75, 3.05) is 19.3 Å². The van der Waals surface area contributed by atoms with Crippen molar-refractivity contribution in [3.8, 4) is 0 Å². The molecule has 2 aromatic rings. The number of fused-ring (bicyclic) bond motifs is 1. The third-order valence-corrected chi connectivity index (χ3v) is 4.99. The highest BCUT2D eigenvalue weighted by atomic mass is 32.2. The van der Waals surface area contributed by atoms with Gasteiger partial charge >= 0.3 is 0 Å². The Bertz CT molecular complexity index is 680. The first-order valence-corrected chi connectivity index (χ1v) is 7.15. The van der Waals surface area contributed by atoms with Gasteiger partial charge in [-0.1, -0.05) is 25.1 Å². The van der Waals surface area contributed by atoms with Crippen LogP contribution in [0.5, 0.6) is 0 Å². The lowest BCUT2D eigenvalue weighted by atomic mass is 10.1. The first-order valence-electron chi connectivity index (χ1n) is 5.71. The van der Waals surface area contributed by atoms with Gasteiger partial charge in [-0.15, -0.1) is 0 Å². The lowest BCUT2D eigenvalue weighted by Crippen LogP contribution is -2.26. The van der Waals surface area contributed by atoms with Crippen LogP contribution in [0.25, 0.3) is 10.8 Å². The summed E-state index contributed by atoms with van der Waals surface area (Å²) in [6.45, 7) is 2.24. The third kappa shape index (κ3) is 2.07. The fourth-order valence-electron chi connectivity index (χ4n) is 1.84. The van der Waals surface area contributed by atoms with E-state index in [1.54, 1.807) is 44.3 Å². The molecule has 2 rings (SSSR count). The summed E-state index contributed by atoms with van der Waals surface area (Å²) in [5, 5.41) is 1.53. The minimum absolute atomic E-state index is 0.323. The molecule has 0 aromatic heterocycles. The third-order valence-electron chi connectivity index (χ3n) is 3.00. The van der Waals surface area contributed by atoms with E-state index < -0.39 is 10.0 Å². The molecular weight excluding hydrogens is 248 g/mol. The highest BCUT2D eigenvalue weighted by molar-refractivity contribution is 7.89. The molecule has 0 atom stereocenters. The molecule has 0 aliphatic rings. The van der Waals surface area contributed by atoms with Crippen LogP contribution >= 0.6 is 0 Å². The van der Waals surface area contributed by atoms with E-state index in [0.717, 1.165) is 5.39 Å². The monoisotopic (exact) mass is 264 g/mol. The Morgan fingerprint density at radius 1 is 1.22 bits per heavy atom. The number of sulfonamides is 1. The van der Waals surface area contributed by atoms with Gasteiger partial charge in [-0.25, -0.2) is 12.7 Å². The Labute approximate surface area is 107 Å². The van der Waals surface area contributed by atoms with Crippen molar-refractivity contribution in [2.24, 2.45) is 0 Å². The minimum Gasteiger partial charge on any atom is -0.399 e. The molecule has 2 N–H and O–H groups in total. The van der Waals surface area contributed by atoms with E-state index in [4.69, 9.17) is 5.73 Å². The van der Waals surface area contributed by atoms with E-state index >= 15 is 0 Å². The molecule has 96 valence electrons. The molecule has 0 fully saturated rings. The van der Waals surface area contributed by atoms with Crippen LogP contribution in [0.3, 0.4) is 0 Å². The van der Waals surface area contributed by atoms with Crippen molar-refractivity contribution < 1.29 is 8.42 Å². The van der Waals surface area contributed by atoms with Gasteiger partial charge in [0.15, 0.2) is 0 Å². The topological polar surface area (TPSA) is 63.4 Å². The molecule has 4 nitrogen and oxygen atoms in total. The average Bonchev–Trinajstić information content (AvgIpc) is 2.36. The average molecular weight is 264 g/mol. The van der Waals surface area contributed by atoms with Crippen LogP contribution in [0.2, 0.25) is 0 Å². The van der Waals surface area contributed by atoms with Gasteiger partial charge in [0.2, 0.25) is 10.0 Å². The number of nitrogens with zero attached hydrogens (tertiary/aromatic N) is 1. The molecule has 2 aromatic carbocycles. The lowest BCUT2D eigenvalue weighted by molar-refractivity contribution is 0.487. The summed E-state index contributed by atoms with van der Waals surface area (Å²) < 4.78 is 26.0. The van der Waals surface area contributed by atoms with Crippen LogP contribution in [0.15, 0.2) is 41.3 Å². The van der Waals surface area contributed by atoms with E-state index in [1.807, 2.05) is 6.07 Å². The van der Waals surface area contributed by atoms with Crippen LogP contribution in [0.1, 0.15) is 6.92 Å². The normalized spacial score (nSPS) is 12.2. The summed E-state index contributed by atoms with van der Waals surface area (Å²) in [5.41, 5.74) is 6.33. The number of nitrogens with two attached hydrogens (primary N) is 1. The zero-order valence-corrected chi connectivity index (χ0v) is 11.2. The molecule has 5 heteroatoms. The van der Waals surface area contributed by atoms with Crippen LogP contribution < -0.4 is 5.73 Å². The Morgan fingerprint density at radius 3 is 2.61 bits per heavy atom. The number of hydrogen-bond donors (Lipinski definition) is 1. The second-order valence-electron chi connectivity index (χ2n) is 4.16. The number of benzene rings is 2. The van der Waals surface area contributed by atoms with Gasteiger partial charge in [0.1, 0.15) is 0 Å². The molecule has 0 bridgehead atoms. The predicted octanol–water partition coefficient (Wildman–Crippen LogP) is 2.06. The molecule has 18 heavy (non-hydrogen) atoms. The molecule has 0 aliphatic heterocycles. The quantitative estimate of drug-likeness (QED) is 0.863. The van der Waals surface area contributed by atoms with Crippen LogP contribution in [0.4, 0.5) is 5.69 Å². The Morgan fingerprint density at radius 2 is 1.94 bits per heavy atom. The summed E-state index contributed by atoms with van der Waals surface area (Å²) >= 11 is 0. The molecule has 0 amide bonds. The number of rotatable bonds is 3. The fourth-order valence-corrected chi connectivity index (χ4v) is 3.23. The van der Waals surface area contributed by atoms with Gasteiger partial charge in [0.05, 0.1) is 4.90 Å². The van der Waals surface area contributed by atoms with Gasteiger partial charge < -0.3 is 5.73 Å². The SMILES string of the molecule is CCN(C)S(=O)(=O)c1cccc2cc(N)ccc12. The van der Waals surface area contributed by atoms with Gasteiger partial charge in [-0.05, 0) is 23.6 Å². The van der Waals surface area contributed by atoms with Crippen molar-refractivity contribution in [1.82, 2.24) is 4.31 Å². The summed E-state index contributed by atoms with van der Waals surface area (Å²) in [7, 11) is -1.86. The van der Waals surface area contributed by atoms with E-state index in [0.29, 0.717) is 22.5 Å². The second kappa shape index (κ2) is 4.59. The molecule has 0 aliphatic carbocycles. The van der Waals surface area contributed by atoms with E-state index in [-0.39, 0.29) is 0 Å². The van der Waals surface area contributed by atoms with Gasteiger partial charge in [-0.3, -0.25) is 0 Å². The maximum Gasteiger partial charge on any atom is 0.243 e. The Kier molecular flexibility index (Phi) is 3.28. The van der Waals surface area contributed by atoms with Crippen LogP contribution in [-0.4, -0.2) is 26.3 Å². The van der Waals surface area contributed by atoms with Gasteiger partial charge in [0.25, 0.3) is 0 Å². The standard InChI is InChI=1S/C13H16N2O2S/c1-3-15(2)18(16,17)13-6-4-5-10-9-11(14)7-8-12(10)13/h4-9H,3,14H2,1-2H3. The van der Waals surface area contributed by atoms with Crippen molar-refractivity contribution in [1.29, 1.82) is 0 Å². The molecule has 0 saturated carbocycles. The first-order chi connectivity index (χ1) is 8.46. The van der Waals surface area contributed by atoms with E-state index in [2.05, 4.69) is 0 Å². The second-order valence-corrected chi connectivity index (χ2v) is 6.17. The maximum absolute atomic E-state index is 12.4. The van der Waals surface area contributed by atoms with Gasteiger partial charge in [0, 0.05) is 24.7 Å². The largest absolute Gasteiger partial charge is 0.399 e. The van der Waals surface area contributed by atoms with Crippen molar-refractivity contribution in [2.45, 2.75) is 11.8 Å². The zero-order chi connectivity index (χ0) is 13.3. The van der Waals surface area contributed by atoms with Crippen LogP contribution in [-0.2, 0) is 10.0 Å². The number of hydrogen-bond acceptors (Lipinski definition) is 3. The number of nitrogen functional groups attached to an aromatic ring is 1. The predicted molar refractivity (Wildman–Crippen MR) is 73.9 cm³/mol. The fraction of sp³-hybridized carbons (Fsp3) is 0.231. The molecule has 0 saturated heterocycles. The summed E-state index contributed by atoms with van der Waals surface area (Å²) in [6.07, 6.45) is 0. The van der Waals surface area contributed by atoms with Gasteiger partial charge in [-0.2, -0.15) is 0 Å². The Balaban J connectivity index is 2.73. The summed E-state index contributed by atoms with van der Waals surface area (Å²) in [5.74, 6) is 0. The molecule has 0 spiro atoms. The van der Waals surface area contributed by atoms with Crippen LogP contribution in [0, 0.1) is 0 Å². The molecular formula is C13H16N2O2S. The highest BCUT2D eigenvalue weighted by Gasteiger charge is 2.21. The summed E-state index contributed by atoms with van der Waals surface area (Å²) in [6, 6.07) is 10.5. The molecule has 0 radical (unpaired) electrons. The highest BCUT2D eigenvalue weighted by Crippen LogP contribution is 2.26. The van der Waals surface area contributed by atoms with E-state index in [1.165, 1.54) is 4.31 Å². The van der Waals surface area contributed by atoms with E-state index in [9.17, 15) is 8.42 Å². The van der Waals surface area contributed by atoms with Crippen molar-refractivity contribution >= 4 is 26.5 Å².